The molecular weight excluding hydrogens is 384 g/mol. The lowest BCUT2D eigenvalue weighted by Gasteiger charge is -2.19. The fourth-order valence-electron chi connectivity index (χ4n) is 2.79. The van der Waals surface area contributed by atoms with E-state index in [4.69, 9.17) is 11.6 Å². The van der Waals surface area contributed by atoms with E-state index in [1.54, 1.807) is 13.8 Å². The van der Waals surface area contributed by atoms with Crippen molar-refractivity contribution in [1.29, 1.82) is 0 Å². The molecule has 0 bridgehead atoms. The van der Waals surface area contributed by atoms with Crippen LogP contribution in [0.4, 0.5) is 0 Å². The Labute approximate surface area is 166 Å². The minimum absolute atomic E-state index is 0.0448. The Kier molecular flexibility index (Phi) is 7.41. The van der Waals surface area contributed by atoms with Crippen molar-refractivity contribution in [2.24, 2.45) is 0 Å². The standard InChI is InChI=1S/C20H25ClN2O3S/c1-4-23(5-2)27(25,26)19-13-17(11-12-18(19)21)20(24)22-14-15(3)16-9-7-6-8-10-16/h6-13,15H,4-5,14H2,1-3H3,(H,22,24). The Hall–Kier alpha value is -1.89. The average Bonchev–Trinajstić information content (AvgIpc) is 2.67. The number of sulfonamides is 1. The van der Waals surface area contributed by atoms with Crippen LogP contribution in [0.15, 0.2) is 53.4 Å². The zero-order valence-corrected chi connectivity index (χ0v) is 17.3. The van der Waals surface area contributed by atoms with E-state index in [2.05, 4.69) is 5.32 Å². The van der Waals surface area contributed by atoms with Crippen molar-refractivity contribution < 1.29 is 13.2 Å². The zero-order chi connectivity index (χ0) is 20.0. The smallest absolute Gasteiger partial charge is 0.251 e. The molecule has 0 saturated heterocycles. The van der Waals surface area contributed by atoms with Crippen molar-refractivity contribution in [3.8, 4) is 0 Å². The third-order valence-electron chi connectivity index (χ3n) is 4.45. The number of halogens is 1. The molecule has 0 saturated carbocycles. The highest BCUT2D eigenvalue weighted by atomic mass is 35.5. The second-order valence-electron chi connectivity index (χ2n) is 6.26. The van der Waals surface area contributed by atoms with Crippen LogP contribution in [0.5, 0.6) is 0 Å². The first-order valence-electron chi connectivity index (χ1n) is 8.94. The number of carbonyl (C=O) groups is 1. The molecule has 2 aromatic carbocycles. The molecule has 0 radical (unpaired) electrons. The summed E-state index contributed by atoms with van der Waals surface area (Å²) in [6, 6.07) is 14.2. The molecule has 0 aliphatic rings. The van der Waals surface area contributed by atoms with Gasteiger partial charge in [-0.25, -0.2) is 8.42 Å². The third kappa shape index (κ3) is 5.09. The van der Waals surface area contributed by atoms with Gasteiger partial charge in [-0.2, -0.15) is 4.31 Å². The Balaban J connectivity index is 2.18. The number of hydrogen-bond donors (Lipinski definition) is 1. The molecule has 0 spiro atoms. The molecule has 0 aliphatic heterocycles. The van der Waals surface area contributed by atoms with Crippen LogP contribution >= 0.6 is 11.6 Å². The predicted octanol–water partition coefficient (Wildman–Crippen LogP) is 3.90. The monoisotopic (exact) mass is 408 g/mol. The van der Waals surface area contributed by atoms with Gasteiger partial charge in [0.1, 0.15) is 4.90 Å². The summed E-state index contributed by atoms with van der Waals surface area (Å²) in [4.78, 5) is 12.5. The fourth-order valence-corrected chi connectivity index (χ4v) is 4.75. The maximum absolute atomic E-state index is 12.8. The van der Waals surface area contributed by atoms with E-state index in [1.165, 1.54) is 22.5 Å². The molecule has 2 aromatic rings. The van der Waals surface area contributed by atoms with E-state index in [1.807, 2.05) is 37.3 Å². The van der Waals surface area contributed by atoms with Crippen LogP contribution in [-0.4, -0.2) is 38.3 Å². The van der Waals surface area contributed by atoms with Gasteiger partial charge in [-0.1, -0.05) is 62.7 Å². The molecular formula is C20H25ClN2O3S. The Morgan fingerprint density at radius 3 is 2.33 bits per heavy atom. The maximum atomic E-state index is 12.8. The number of nitrogens with zero attached hydrogens (tertiary/aromatic N) is 1. The van der Waals surface area contributed by atoms with E-state index in [0.717, 1.165) is 5.56 Å². The highest BCUT2D eigenvalue weighted by Crippen LogP contribution is 2.26. The van der Waals surface area contributed by atoms with Gasteiger partial charge < -0.3 is 5.32 Å². The lowest BCUT2D eigenvalue weighted by molar-refractivity contribution is 0.0951. The van der Waals surface area contributed by atoms with Gasteiger partial charge in [0.05, 0.1) is 5.02 Å². The van der Waals surface area contributed by atoms with Crippen LogP contribution in [-0.2, 0) is 10.0 Å². The second kappa shape index (κ2) is 9.35. The summed E-state index contributed by atoms with van der Waals surface area (Å²) in [6.45, 7) is 6.66. The molecule has 1 atom stereocenters. The predicted molar refractivity (Wildman–Crippen MR) is 109 cm³/mol. The second-order valence-corrected chi connectivity index (χ2v) is 8.57. The Morgan fingerprint density at radius 2 is 1.74 bits per heavy atom. The lowest BCUT2D eigenvalue weighted by Crippen LogP contribution is -2.31. The van der Waals surface area contributed by atoms with Gasteiger partial charge in [0.25, 0.3) is 5.91 Å². The summed E-state index contributed by atoms with van der Waals surface area (Å²) >= 11 is 6.11. The van der Waals surface area contributed by atoms with Gasteiger partial charge in [-0.05, 0) is 29.7 Å². The minimum Gasteiger partial charge on any atom is -0.351 e. The average molecular weight is 409 g/mol. The summed E-state index contributed by atoms with van der Waals surface area (Å²) in [5, 5.41) is 2.97. The van der Waals surface area contributed by atoms with Crippen LogP contribution in [0.3, 0.4) is 0 Å². The van der Waals surface area contributed by atoms with Gasteiger partial charge >= 0.3 is 0 Å². The molecule has 0 aliphatic carbocycles. The summed E-state index contributed by atoms with van der Waals surface area (Å²) in [6.07, 6.45) is 0. The number of amides is 1. The minimum atomic E-state index is -3.74. The van der Waals surface area contributed by atoms with Crippen molar-refractivity contribution in [3.63, 3.8) is 0 Å². The van der Waals surface area contributed by atoms with Gasteiger partial charge in [0.2, 0.25) is 10.0 Å². The Bertz CT molecular complexity index is 881. The van der Waals surface area contributed by atoms with Gasteiger partial charge in [-0.3, -0.25) is 4.79 Å². The summed E-state index contributed by atoms with van der Waals surface area (Å²) in [5.41, 5.74) is 1.39. The molecule has 0 heterocycles. The van der Waals surface area contributed by atoms with Crippen molar-refractivity contribution >= 4 is 27.5 Å². The molecule has 0 fully saturated rings. The van der Waals surface area contributed by atoms with Crippen molar-refractivity contribution in [1.82, 2.24) is 9.62 Å². The first kappa shape index (κ1) is 21.4. The number of carbonyl (C=O) groups excluding carboxylic acids is 1. The number of nitrogens with one attached hydrogen (secondary N) is 1. The first-order valence-corrected chi connectivity index (χ1v) is 10.8. The molecule has 7 heteroatoms. The van der Waals surface area contributed by atoms with E-state index in [0.29, 0.717) is 19.6 Å². The lowest BCUT2D eigenvalue weighted by atomic mass is 10.0. The van der Waals surface area contributed by atoms with Crippen molar-refractivity contribution in [2.75, 3.05) is 19.6 Å². The molecule has 1 unspecified atom stereocenters. The number of hydrogen-bond acceptors (Lipinski definition) is 3. The SMILES string of the molecule is CCN(CC)S(=O)(=O)c1cc(C(=O)NCC(C)c2ccccc2)ccc1Cl. The zero-order valence-electron chi connectivity index (χ0n) is 15.8. The molecule has 2 rings (SSSR count). The number of benzene rings is 2. The van der Waals surface area contributed by atoms with Crippen LogP contribution in [0.1, 0.15) is 42.6 Å². The van der Waals surface area contributed by atoms with Crippen molar-refractivity contribution in [2.45, 2.75) is 31.6 Å². The van der Waals surface area contributed by atoms with Crippen LogP contribution in [0.2, 0.25) is 5.02 Å². The number of rotatable bonds is 8. The first-order chi connectivity index (χ1) is 12.8. The topological polar surface area (TPSA) is 66.5 Å². The molecule has 1 amide bonds. The van der Waals surface area contributed by atoms with Gasteiger partial charge in [0.15, 0.2) is 0 Å². The highest BCUT2D eigenvalue weighted by Gasteiger charge is 2.25. The third-order valence-corrected chi connectivity index (χ3v) is 6.99. The van der Waals surface area contributed by atoms with Crippen LogP contribution in [0.25, 0.3) is 0 Å². The molecule has 0 aromatic heterocycles. The largest absolute Gasteiger partial charge is 0.351 e. The van der Waals surface area contributed by atoms with E-state index < -0.39 is 10.0 Å². The normalized spacial score (nSPS) is 12.8. The van der Waals surface area contributed by atoms with Crippen molar-refractivity contribution in [3.05, 3.63) is 64.7 Å². The van der Waals surface area contributed by atoms with Crippen LogP contribution < -0.4 is 5.32 Å². The van der Waals surface area contributed by atoms with E-state index in [9.17, 15) is 13.2 Å². The molecule has 27 heavy (non-hydrogen) atoms. The fraction of sp³-hybridized carbons (Fsp3) is 0.350. The van der Waals surface area contributed by atoms with E-state index in [-0.39, 0.29) is 27.3 Å². The molecule has 146 valence electrons. The summed E-state index contributed by atoms with van der Waals surface area (Å²) < 4.78 is 26.8. The van der Waals surface area contributed by atoms with Crippen LogP contribution in [0, 0.1) is 0 Å². The van der Waals surface area contributed by atoms with E-state index >= 15 is 0 Å². The van der Waals surface area contributed by atoms with Gasteiger partial charge in [-0.15, -0.1) is 0 Å². The maximum Gasteiger partial charge on any atom is 0.251 e. The summed E-state index contributed by atoms with van der Waals surface area (Å²) in [7, 11) is -3.74. The summed E-state index contributed by atoms with van der Waals surface area (Å²) in [5.74, 6) is -0.188. The Morgan fingerprint density at radius 1 is 1.11 bits per heavy atom. The highest BCUT2D eigenvalue weighted by molar-refractivity contribution is 7.89. The quantitative estimate of drug-likeness (QED) is 0.720. The van der Waals surface area contributed by atoms with Gasteiger partial charge in [0, 0.05) is 25.2 Å². The molecule has 1 N–H and O–H groups in total. The molecule has 5 nitrogen and oxygen atoms in total.